The van der Waals surface area contributed by atoms with Crippen LogP contribution in [0.15, 0.2) is 12.2 Å². The summed E-state index contributed by atoms with van der Waals surface area (Å²) in [5, 5.41) is 11.5. The predicted molar refractivity (Wildman–Crippen MR) is 64.8 cm³/mol. The van der Waals surface area contributed by atoms with E-state index in [2.05, 4.69) is 11.4 Å². The highest BCUT2D eigenvalue weighted by molar-refractivity contribution is 5.75. The van der Waals surface area contributed by atoms with Crippen LogP contribution in [0, 0.1) is 0 Å². The number of nitrogens with one attached hydrogen (secondary N) is 1. The highest BCUT2D eigenvalue weighted by Crippen LogP contribution is 2.12. The van der Waals surface area contributed by atoms with Gasteiger partial charge in [0, 0.05) is 25.0 Å². The fourth-order valence-corrected chi connectivity index (χ4v) is 1.68. The number of rotatable bonds is 4. The van der Waals surface area contributed by atoms with Gasteiger partial charge in [0.25, 0.3) is 0 Å². The maximum Gasteiger partial charge on any atom is 0.318 e. The van der Waals surface area contributed by atoms with Gasteiger partial charge in [0.2, 0.25) is 0 Å². The van der Waals surface area contributed by atoms with Gasteiger partial charge in [-0.1, -0.05) is 12.2 Å². The monoisotopic (exact) mass is 240 g/mol. The number of carbonyl (C=O) groups is 2. The normalized spacial score (nSPS) is 15.8. The molecular formula is C12H20N2O3. The van der Waals surface area contributed by atoms with Crippen LogP contribution in [0.25, 0.3) is 0 Å². The Labute approximate surface area is 101 Å². The van der Waals surface area contributed by atoms with Gasteiger partial charge in [-0.3, -0.25) is 4.79 Å². The summed E-state index contributed by atoms with van der Waals surface area (Å²) in [7, 11) is 0. The zero-order chi connectivity index (χ0) is 12.9. The first-order valence-corrected chi connectivity index (χ1v) is 5.84. The minimum Gasteiger partial charge on any atom is -0.481 e. The second-order valence-corrected chi connectivity index (χ2v) is 4.91. The SMILES string of the molecule is CC(C)(CCC(=O)O)NC(=O)N1CC=CCC1. The molecule has 0 aromatic carbocycles. The third-order valence-electron chi connectivity index (χ3n) is 2.75. The van der Waals surface area contributed by atoms with Gasteiger partial charge in [0.15, 0.2) is 0 Å². The molecule has 0 unspecified atom stereocenters. The third kappa shape index (κ3) is 4.89. The van der Waals surface area contributed by atoms with Crippen LogP contribution >= 0.6 is 0 Å². The molecule has 5 nitrogen and oxygen atoms in total. The number of aliphatic carboxylic acids is 1. The summed E-state index contributed by atoms with van der Waals surface area (Å²) >= 11 is 0. The van der Waals surface area contributed by atoms with E-state index in [1.54, 1.807) is 4.90 Å². The minimum atomic E-state index is -0.840. The maximum absolute atomic E-state index is 11.9. The molecule has 0 saturated heterocycles. The maximum atomic E-state index is 11.9. The Hall–Kier alpha value is -1.52. The lowest BCUT2D eigenvalue weighted by atomic mass is 9.99. The fourth-order valence-electron chi connectivity index (χ4n) is 1.68. The molecule has 0 fully saturated rings. The lowest BCUT2D eigenvalue weighted by Gasteiger charge is -2.31. The smallest absolute Gasteiger partial charge is 0.318 e. The number of carbonyl (C=O) groups excluding carboxylic acids is 1. The van der Waals surface area contributed by atoms with E-state index in [4.69, 9.17) is 5.11 Å². The summed E-state index contributed by atoms with van der Waals surface area (Å²) in [4.78, 5) is 24.1. The van der Waals surface area contributed by atoms with Crippen molar-refractivity contribution >= 4 is 12.0 Å². The standard InChI is InChI=1S/C12H20N2O3/c1-12(2,7-6-10(15)16)13-11(17)14-8-4-3-5-9-14/h3-4H,5-9H2,1-2H3,(H,13,17)(H,15,16). The van der Waals surface area contributed by atoms with E-state index in [0.717, 1.165) is 13.0 Å². The van der Waals surface area contributed by atoms with Crippen molar-refractivity contribution in [2.45, 2.75) is 38.6 Å². The van der Waals surface area contributed by atoms with Crippen molar-refractivity contribution < 1.29 is 14.7 Å². The number of nitrogens with zero attached hydrogens (tertiary/aromatic N) is 1. The van der Waals surface area contributed by atoms with E-state index in [-0.39, 0.29) is 12.5 Å². The van der Waals surface area contributed by atoms with Gasteiger partial charge in [-0.2, -0.15) is 0 Å². The van der Waals surface area contributed by atoms with Crippen LogP contribution in [0.1, 0.15) is 33.1 Å². The molecule has 0 atom stereocenters. The van der Waals surface area contributed by atoms with Crippen molar-refractivity contribution in [3.8, 4) is 0 Å². The zero-order valence-corrected chi connectivity index (χ0v) is 10.4. The van der Waals surface area contributed by atoms with Gasteiger partial charge >= 0.3 is 12.0 Å². The van der Waals surface area contributed by atoms with Crippen LogP contribution < -0.4 is 5.32 Å². The van der Waals surface area contributed by atoms with Gasteiger partial charge < -0.3 is 15.3 Å². The van der Waals surface area contributed by atoms with E-state index in [1.165, 1.54) is 0 Å². The molecule has 96 valence electrons. The van der Waals surface area contributed by atoms with E-state index >= 15 is 0 Å². The summed E-state index contributed by atoms with van der Waals surface area (Å²) < 4.78 is 0. The first kappa shape index (κ1) is 13.5. The summed E-state index contributed by atoms with van der Waals surface area (Å²) in [5.41, 5.74) is -0.489. The van der Waals surface area contributed by atoms with Crippen molar-refractivity contribution in [3.63, 3.8) is 0 Å². The Bertz CT molecular complexity index is 324. The Balaban J connectivity index is 2.42. The molecule has 1 heterocycles. The quantitative estimate of drug-likeness (QED) is 0.733. The first-order valence-electron chi connectivity index (χ1n) is 5.84. The number of carboxylic acid groups (broad SMARTS) is 1. The zero-order valence-electron chi connectivity index (χ0n) is 10.4. The fraction of sp³-hybridized carbons (Fsp3) is 0.667. The summed E-state index contributed by atoms with van der Waals surface area (Å²) in [6, 6.07) is -0.121. The summed E-state index contributed by atoms with van der Waals surface area (Å²) in [5.74, 6) is -0.840. The van der Waals surface area contributed by atoms with Crippen molar-refractivity contribution in [2.24, 2.45) is 0 Å². The molecular weight excluding hydrogens is 220 g/mol. The molecule has 0 aromatic heterocycles. The number of carboxylic acids is 1. The van der Waals surface area contributed by atoms with Crippen molar-refractivity contribution in [1.29, 1.82) is 0 Å². The highest BCUT2D eigenvalue weighted by atomic mass is 16.4. The van der Waals surface area contributed by atoms with Crippen LogP contribution in [-0.2, 0) is 4.79 Å². The van der Waals surface area contributed by atoms with Gasteiger partial charge in [-0.05, 0) is 26.7 Å². The van der Waals surface area contributed by atoms with Crippen LogP contribution in [0.3, 0.4) is 0 Å². The van der Waals surface area contributed by atoms with Crippen LogP contribution in [0.2, 0.25) is 0 Å². The van der Waals surface area contributed by atoms with Crippen molar-refractivity contribution in [1.82, 2.24) is 10.2 Å². The van der Waals surface area contributed by atoms with Crippen molar-refractivity contribution in [2.75, 3.05) is 13.1 Å². The molecule has 0 aromatic rings. The topological polar surface area (TPSA) is 69.6 Å². The molecule has 0 saturated carbocycles. The molecule has 0 spiro atoms. The van der Waals surface area contributed by atoms with E-state index in [1.807, 2.05) is 19.9 Å². The number of urea groups is 1. The molecule has 0 radical (unpaired) electrons. The van der Waals surface area contributed by atoms with E-state index in [0.29, 0.717) is 13.0 Å². The molecule has 0 aliphatic carbocycles. The average molecular weight is 240 g/mol. The molecule has 5 heteroatoms. The van der Waals surface area contributed by atoms with E-state index < -0.39 is 11.5 Å². The largest absolute Gasteiger partial charge is 0.481 e. The lowest BCUT2D eigenvalue weighted by molar-refractivity contribution is -0.137. The second kappa shape index (κ2) is 5.70. The first-order chi connectivity index (χ1) is 7.91. The molecule has 2 amide bonds. The van der Waals surface area contributed by atoms with Gasteiger partial charge in [0.05, 0.1) is 0 Å². The van der Waals surface area contributed by atoms with E-state index in [9.17, 15) is 9.59 Å². The predicted octanol–water partition coefficient (Wildman–Crippen LogP) is 1.60. The number of amides is 2. The Morgan fingerprint density at radius 2 is 2.12 bits per heavy atom. The molecule has 1 aliphatic rings. The number of hydrogen-bond acceptors (Lipinski definition) is 2. The molecule has 17 heavy (non-hydrogen) atoms. The molecule has 1 rings (SSSR count). The van der Waals surface area contributed by atoms with Crippen molar-refractivity contribution in [3.05, 3.63) is 12.2 Å². The summed E-state index contributed by atoms with van der Waals surface area (Å²) in [6.07, 6.45) is 5.39. The molecule has 2 N–H and O–H groups in total. The van der Waals surface area contributed by atoms with Gasteiger partial charge in [0.1, 0.15) is 0 Å². The second-order valence-electron chi connectivity index (χ2n) is 4.91. The van der Waals surface area contributed by atoms with Gasteiger partial charge in [-0.25, -0.2) is 4.79 Å². The summed E-state index contributed by atoms with van der Waals surface area (Å²) in [6.45, 7) is 5.03. The van der Waals surface area contributed by atoms with Crippen LogP contribution in [0.4, 0.5) is 4.79 Å². The average Bonchev–Trinajstić information content (AvgIpc) is 2.27. The molecule has 1 aliphatic heterocycles. The molecule has 0 bridgehead atoms. The Kier molecular flexibility index (Phi) is 4.54. The minimum absolute atomic E-state index is 0.0627. The Morgan fingerprint density at radius 3 is 2.65 bits per heavy atom. The highest BCUT2D eigenvalue weighted by Gasteiger charge is 2.24. The van der Waals surface area contributed by atoms with Gasteiger partial charge in [-0.15, -0.1) is 0 Å². The van der Waals surface area contributed by atoms with Crippen LogP contribution in [-0.4, -0.2) is 40.6 Å². The third-order valence-corrected chi connectivity index (χ3v) is 2.75. The Morgan fingerprint density at radius 1 is 1.41 bits per heavy atom. The number of hydrogen-bond donors (Lipinski definition) is 2. The lowest BCUT2D eigenvalue weighted by Crippen LogP contribution is -2.50. The van der Waals surface area contributed by atoms with Crippen LogP contribution in [0.5, 0.6) is 0 Å².